The maximum Gasteiger partial charge on any atom is 0.229 e. The molecule has 0 amide bonds. The van der Waals surface area contributed by atoms with Gasteiger partial charge in [0.2, 0.25) is 10.0 Å². The second-order valence-corrected chi connectivity index (χ2v) is 11.1. The minimum Gasteiger partial charge on any atom is -0.351 e. The van der Waals surface area contributed by atoms with E-state index in [-0.39, 0.29) is 17.6 Å². The number of hydrogen-bond acceptors (Lipinski definition) is 4. The molecule has 1 aromatic carbocycles. The van der Waals surface area contributed by atoms with Crippen LogP contribution in [-0.2, 0) is 15.6 Å². The highest BCUT2D eigenvalue weighted by Crippen LogP contribution is 2.42. The van der Waals surface area contributed by atoms with Crippen LogP contribution in [0.2, 0.25) is 0 Å². The number of sulfonamides is 1. The molecule has 4 rings (SSSR count). The normalized spacial score (nSPS) is 19.1. The molecular weight excluding hydrogens is 442 g/mol. The summed E-state index contributed by atoms with van der Waals surface area (Å²) < 4.78 is 27.8. The predicted molar refractivity (Wildman–Crippen MR) is 132 cm³/mol. The molecule has 0 bridgehead atoms. The molecule has 2 aromatic heterocycles. The van der Waals surface area contributed by atoms with Gasteiger partial charge in [0, 0.05) is 35.5 Å². The second kappa shape index (κ2) is 8.22. The van der Waals surface area contributed by atoms with E-state index in [9.17, 15) is 8.42 Å². The maximum absolute atomic E-state index is 11.6. The van der Waals surface area contributed by atoms with Gasteiger partial charge in [-0.2, -0.15) is 0 Å². The van der Waals surface area contributed by atoms with Gasteiger partial charge in [0.05, 0.1) is 24.0 Å². The quantitative estimate of drug-likeness (QED) is 0.546. The van der Waals surface area contributed by atoms with Gasteiger partial charge in [0.1, 0.15) is 0 Å². The van der Waals surface area contributed by atoms with Gasteiger partial charge in [-0.3, -0.25) is 9.71 Å². The molecule has 0 aliphatic carbocycles. The molecule has 1 aliphatic rings. The van der Waals surface area contributed by atoms with Crippen molar-refractivity contribution < 1.29 is 8.42 Å². The molecule has 2 N–H and O–H groups in total. The van der Waals surface area contributed by atoms with E-state index in [1.807, 2.05) is 30.3 Å². The Kier molecular flexibility index (Phi) is 5.72. The minimum absolute atomic E-state index is 0.0466. The topological polar surface area (TPSA) is 79.3 Å². The van der Waals surface area contributed by atoms with Gasteiger partial charge >= 0.3 is 0 Å². The van der Waals surface area contributed by atoms with Crippen LogP contribution in [0.5, 0.6) is 0 Å². The molecule has 32 heavy (non-hydrogen) atoms. The number of nitrogens with zero attached hydrogens (tertiary/aromatic N) is 3. The largest absolute Gasteiger partial charge is 0.351 e. The van der Waals surface area contributed by atoms with Crippen LogP contribution in [0.25, 0.3) is 0 Å². The fraction of sp³-hybridized carbons (Fsp3) is 0.304. The lowest BCUT2D eigenvalue weighted by Gasteiger charge is -2.28. The molecule has 3 heterocycles. The van der Waals surface area contributed by atoms with Crippen molar-refractivity contribution in [2.45, 2.75) is 38.4 Å². The number of aromatic nitrogens is 2. The number of anilines is 2. The lowest BCUT2D eigenvalue weighted by Crippen LogP contribution is -2.29. The second-order valence-electron chi connectivity index (χ2n) is 8.94. The summed E-state index contributed by atoms with van der Waals surface area (Å²) in [5.74, 6) is 0. The Labute approximate surface area is 194 Å². The number of pyridine rings is 1. The minimum atomic E-state index is -3.34. The lowest BCUT2D eigenvalue weighted by molar-refractivity contribution is 0.397. The summed E-state index contributed by atoms with van der Waals surface area (Å²) >= 11 is 5.75. The Bertz CT molecular complexity index is 1220. The zero-order chi connectivity index (χ0) is 23.1. The van der Waals surface area contributed by atoms with Crippen LogP contribution in [-0.4, -0.2) is 29.3 Å². The molecule has 1 fully saturated rings. The summed E-state index contributed by atoms with van der Waals surface area (Å²) in [5, 5.41) is 4.04. The Balaban J connectivity index is 1.76. The van der Waals surface area contributed by atoms with E-state index in [1.54, 1.807) is 18.3 Å². The van der Waals surface area contributed by atoms with Crippen LogP contribution in [0.4, 0.5) is 11.4 Å². The zero-order valence-electron chi connectivity index (χ0n) is 18.5. The summed E-state index contributed by atoms with van der Waals surface area (Å²) in [6.07, 6.45) is 7.16. The highest BCUT2D eigenvalue weighted by atomic mass is 32.2. The van der Waals surface area contributed by atoms with Crippen molar-refractivity contribution in [2.75, 3.05) is 15.9 Å². The van der Waals surface area contributed by atoms with E-state index in [0.29, 0.717) is 10.8 Å². The fourth-order valence-electron chi connectivity index (χ4n) is 3.88. The molecule has 0 saturated carbocycles. The van der Waals surface area contributed by atoms with Crippen LogP contribution in [0.1, 0.15) is 44.1 Å². The van der Waals surface area contributed by atoms with E-state index >= 15 is 0 Å². The van der Waals surface area contributed by atoms with E-state index in [4.69, 9.17) is 12.2 Å². The highest BCUT2D eigenvalue weighted by molar-refractivity contribution is 7.92. The van der Waals surface area contributed by atoms with Gasteiger partial charge in [-0.25, -0.2) is 8.42 Å². The lowest BCUT2D eigenvalue weighted by atomic mass is 9.98. The molecule has 3 aromatic rings. The zero-order valence-corrected chi connectivity index (χ0v) is 20.1. The molecule has 168 valence electrons. The summed E-state index contributed by atoms with van der Waals surface area (Å²) in [4.78, 5) is 6.65. The summed E-state index contributed by atoms with van der Waals surface area (Å²) in [7, 11) is -3.34. The Morgan fingerprint density at radius 2 is 1.81 bits per heavy atom. The van der Waals surface area contributed by atoms with Gasteiger partial charge in [0.15, 0.2) is 5.11 Å². The molecule has 0 spiro atoms. The smallest absolute Gasteiger partial charge is 0.229 e. The van der Waals surface area contributed by atoms with E-state index in [2.05, 4.69) is 63.7 Å². The third-order valence-corrected chi connectivity index (χ3v) is 6.30. The monoisotopic (exact) mass is 469 g/mol. The molecule has 0 unspecified atom stereocenters. The fourth-order valence-corrected chi connectivity index (χ4v) is 4.79. The molecule has 7 nitrogen and oxygen atoms in total. The van der Waals surface area contributed by atoms with Gasteiger partial charge in [-0.15, -0.1) is 0 Å². The van der Waals surface area contributed by atoms with Crippen molar-refractivity contribution in [3.05, 3.63) is 78.4 Å². The Morgan fingerprint density at radius 3 is 2.38 bits per heavy atom. The third kappa shape index (κ3) is 4.63. The van der Waals surface area contributed by atoms with Crippen LogP contribution in [0.15, 0.2) is 67.1 Å². The summed E-state index contributed by atoms with van der Waals surface area (Å²) in [6, 6.07) is 15.0. The van der Waals surface area contributed by atoms with Crippen LogP contribution >= 0.6 is 12.2 Å². The van der Waals surface area contributed by atoms with Gasteiger partial charge < -0.3 is 14.8 Å². The molecule has 0 radical (unpaired) electrons. The standard InChI is InChI=1S/C23H27N5O2S2/c1-23(2,3)27-14-12-16(15-27)21-20(19-7-5-6-13-24-19)25-22(31)28(21)18-10-8-17(9-11-18)26-32(4,29)30/h5-15,20-21,26H,1-4H3,(H,25,31)/t20-,21+/m1/s1. The average molecular weight is 470 g/mol. The van der Waals surface area contributed by atoms with Crippen molar-refractivity contribution in [2.24, 2.45) is 0 Å². The number of rotatable bonds is 5. The molecule has 2 atom stereocenters. The molecule has 1 saturated heterocycles. The number of nitrogens with one attached hydrogen (secondary N) is 2. The summed E-state index contributed by atoms with van der Waals surface area (Å²) in [6.45, 7) is 6.49. The average Bonchev–Trinajstić information content (AvgIpc) is 3.33. The van der Waals surface area contributed by atoms with Crippen LogP contribution in [0, 0.1) is 0 Å². The molecule has 1 aliphatic heterocycles. The number of hydrogen-bond donors (Lipinski definition) is 2. The third-order valence-electron chi connectivity index (χ3n) is 5.38. The first-order valence-corrected chi connectivity index (χ1v) is 12.6. The van der Waals surface area contributed by atoms with E-state index in [0.717, 1.165) is 23.2 Å². The van der Waals surface area contributed by atoms with Crippen molar-refractivity contribution in [3.63, 3.8) is 0 Å². The first kappa shape index (κ1) is 22.3. The van der Waals surface area contributed by atoms with Crippen LogP contribution in [0.3, 0.4) is 0 Å². The van der Waals surface area contributed by atoms with Crippen molar-refractivity contribution in [1.82, 2.24) is 14.9 Å². The SMILES string of the molecule is CC(C)(C)n1ccc([C@H]2[C@@H](c3ccccn3)NC(=S)N2c2ccc(NS(C)(=O)=O)cc2)c1. The van der Waals surface area contributed by atoms with Gasteiger partial charge in [-0.05, 0) is 81.0 Å². The van der Waals surface area contributed by atoms with Gasteiger partial charge in [0.25, 0.3) is 0 Å². The Morgan fingerprint density at radius 1 is 1.09 bits per heavy atom. The van der Waals surface area contributed by atoms with Crippen molar-refractivity contribution in [3.8, 4) is 0 Å². The maximum atomic E-state index is 11.6. The van der Waals surface area contributed by atoms with Gasteiger partial charge in [-0.1, -0.05) is 6.07 Å². The van der Waals surface area contributed by atoms with Crippen molar-refractivity contribution in [1.29, 1.82) is 0 Å². The predicted octanol–water partition coefficient (Wildman–Crippen LogP) is 4.19. The van der Waals surface area contributed by atoms with Crippen molar-refractivity contribution >= 4 is 38.7 Å². The molecule has 9 heteroatoms. The van der Waals surface area contributed by atoms with Crippen LogP contribution < -0.4 is 14.9 Å². The highest BCUT2D eigenvalue weighted by Gasteiger charge is 2.41. The first-order chi connectivity index (χ1) is 15.0. The number of thiocarbonyl (C=S) groups is 1. The van der Waals surface area contributed by atoms with E-state index in [1.165, 1.54) is 0 Å². The number of benzene rings is 1. The summed E-state index contributed by atoms with van der Waals surface area (Å²) in [5.41, 5.74) is 3.34. The first-order valence-electron chi connectivity index (χ1n) is 10.3. The van der Waals surface area contributed by atoms with E-state index < -0.39 is 10.0 Å². The molecular formula is C23H27N5O2S2. The Hall–Kier alpha value is -2.91.